The first-order chi connectivity index (χ1) is 21.3. The van der Waals surface area contributed by atoms with Gasteiger partial charge in [0.15, 0.2) is 11.6 Å². The number of quaternary nitrogens is 1. The number of carbonyl (C=O) groups excluding carboxylic acids is 2. The van der Waals surface area contributed by atoms with Crippen molar-refractivity contribution in [1.29, 1.82) is 0 Å². The lowest BCUT2D eigenvalue weighted by Gasteiger charge is -2.42. The predicted octanol–water partition coefficient (Wildman–Crippen LogP) is 10.0. The molecule has 0 rings (SSSR count). The van der Waals surface area contributed by atoms with E-state index in [4.69, 9.17) is 0 Å². The third kappa shape index (κ3) is 21.1. The second-order valence-corrected chi connectivity index (χ2v) is 16.3. The third-order valence-corrected chi connectivity index (χ3v) is 11.0. The van der Waals surface area contributed by atoms with Crippen molar-refractivity contribution in [2.24, 2.45) is 0 Å². The molecule has 0 heterocycles. The lowest BCUT2D eigenvalue weighted by atomic mass is 9.85. The Labute approximate surface area is 278 Å². The zero-order valence-corrected chi connectivity index (χ0v) is 31.2. The van der Waals surface area contributed by atoms with Crippen LogP contribution in [0.2, 0.25) is 0 Å². The van der Waals surface area contributed by atoms with Gasteiger partial charge in [0.25, 0.3) is 0 Å². The fraction of sp³-hybridized carbons (Fsp3) is 0.946. The number of hydrogen-bond donors (Lipinski definition) is 3. The number of carbonyl (C=O) groups is 2. The van der Waals surface area contributed by atoms with Crippen LogP contribution in [0, 0.1) is 0 Å². The average Bonchev–Trinajstić information content (AvgIpc) is 2.96. The first-order valence-corrected chi connectivity index (χ1v) is 20.7. The Morgan fingerprint density at radius 2 is 0.733 bits per heavy atom. The van der Waals surface area contributed by atoms with Crippen molar-refractivity contribution in [3.8, 4) is 0 Å². The Morgan fingerprint density at radius 3 is 0.933 bits per heavy atom. The zero-order chi connectivity index (χ0) is 34.0. The fourth-order valence-corrected chi connectivity index (χ4v) is 8.36. The Bertz CT molecular complexity index is 748. The van der Waals surface area contributed by atoms with Crippen molar-refractivity contribution in [3.05, 3.63) is 0 Å². The van der Waals surface area contributed by atoms with Gasteiger partial charge in [-0.2, -0.15) is 0 Å². The van der Waals surface area contributed by atoms with E-state index in [-0.39, 0.29) is 17.3 Å². The molecule has 45 heavy (non-hydrogen) atoms. The van der Waals surface area contributed by atoms with Crippen LogP contribution in [-0.4, -0.2) is 63.5 Å². The summed E-state index contributed by atoms with van der Waals surface area (Å²) < 4.78 is 12.2. The molecule has 0 radical (unpaired) electrons. The van der Waals surface area contributed by atoms with Crippen molar-refractivity contribution < 1.29 is 33.5 Å². The molecule has 0 aliphatic carbocycles. The Hall–Kier alpha value is -0.590. The van der Waals surface area contributed by atoms with Gasteiger partial charge in [-0.1, -0.05) is 168 Å². The highest BCUT2D eigenvalue weighted by Gasteiger charge is 2.63. The van der Waals surface area contributed by atoms with Gasteiger partial charge in [-0.25, -0.2) is 0 Å². The first-order valence-electron chi connectivity index (χ1n) is 19.0. The van der Waals surface area contributed by atoms with E-state index in [1.165, 1.54) is 137 Å². The van der Waals surface area contributed by atoms with Crippen molar-refractivity contribution in [1.82, 2.24) is 0 Å². The largest absolute Gasteiger partial charge is 0.386 e. The van der Waals surface area contributed by atoms with Gasteiger partial charge in [0, 0.05) is 12.8 Å². The summed E-state index contributed by atoms with van der Waals surface area (Å²) in [4.78, 5) is 47.4. The summed E-state index contributed by atoms with van der Waals surface area (Å²) in [6, 6.07) is 0. The summed E-state index contributed by atoms with van der Waals surface area (Å²) in [5.74, 6) is -3.31. The number of unbranched alkanes of at least 4 members (excludes halogenated alkanes) is 24. The number of hydrogen-bond acceptors (Lipinski definition) is 4. The Balaban J connectivity index is 4.67. The van der Waals surface area contributed by atoms with Crippen LogP contribution in [0.3, 0.4) is 0 Å². The maximum absolute atomic E-state index is 13.5. The van der Waals surface area contributed by atoms with Crippen LogP contribution in [0.5, 0.6) is 0 Å². The zero-order valence-electron chi connectivity index (χ0n) is 30.3. The summed E-state index contributed by atoms with van der Waals surface area (Å²) in [5.41, 5.74) is -2.69. The Morgan fingerprint density at radius 1 is 0.511 bits per heavy atom. The van der Waals surface area contributed by atoms with E-state index in [0.717, 1.165) is 38.5 Å². The summed E-state index contributed by atoms with van der Waals surface area (Å²) in [6.07, 6.45) is 29.9. The van der Waals surface area contributed by atoms with Gasteiger partial charge in [-0.05, 0) is 12.8 Å². The molecule has 3 N–H and O–H groups in total. The van der Waals surface area contributed by atoms with Crippen molar-refractivity contribution >= 4 is 19.2 Å². The molecule has 8 heteroatoms. The van der Waals surface area contributed by atoms with Gasteiger partial charge in [0.2, 0.25) is 11.4 Å². The predicted molar refractivity (Wildman–Crippen MR) is 189 cm³/mol. The molecule has 0 aliphatic heterocycles. The molecule has 0 aromatic heterocycles. The van der Waals surface area contributed by atoms with Crippen LogP contribution in [0.25, 0.3) is 0 Å². The minimum absolute atomic E-state index is 0.0465. The van der Waals surface area contributed by atoms with Gasteiger partial charge in [-0.3, -0.25) is 14.2 Å². The molecule has 0 aliphatic rings. The quantitative estimate of drug-likeness (QED) is 0.0280. The summed E-state index contributed by atoms with van der Waals surface area (Å²) in [6.45, 7) is 4.48. The maximum atomic E-state index is 13.5. The average molecular weight is 661 g/mol. The van der Waals surface area contributed by atoms with E-state index >= 15 is 0 Å². The fourth-order valence-electron chi connectivity index (χ4n) is 6.69. The molecule has 0 fully saturated rings. The summed E-state index contributed by atoms with van der Waals surface area (Å²) in [7, 11) is -0.431. The number of rotatable bonds is 33. The summed E-state index contributed by atoms with van der Waals surface area (Å²) >= 11 is 0. The van der Waals surface area contributed by atoms with E-state index in [2.05, 4.69) is 13.8 Å². The number of Topliss-reactive ketones (excluding diaryl/α,β-unsaturated/α-hetero) is 2. The summed E-state index contributed by atoms with van der Waals surface area (Å²) in [5, 5.41) is 11.7. The van der Waals surface area contributed by atoms with Crippen molar-refractivity contribution in [3.63, 3.8) is 0 Å². The molecule has 7 nitrogen and oxygen atoms in total. The van der Waals surface area contributed by atoms with Crippen LogP contribution < -0.4 is 0 Å². The molecule has 0 saturated carbocycles. The lowest BCUT2D eigenvalue weighted by Crippen LogP contribution is -2.65. The van der Waals surface area contributed by atoms with E-state index in [1.807, 2.05) is 0 Å². The molecule has 0 saturated heterocycles. The highest BCUT2D eigenvalue weighted by molar-refractivity contribution is 7.52. The minimum atomic E-state index is -4.99. The molecule has 1 atom stereocenters. The topological polar surface area (TPSA) is 112 Å². The van der Waals surface area contributed by atoms with E-state index in [9.17, 15) is 29.0 Å². The second-order valence-electron chi connectivity index (χ2n) is 14.7. The van der Waals surface area contributed by atoms with Crippen LogP contribution >= 0.6 is 7.60 Å². The molecular weight excluding hydrogens is 585 g/mol. The standard InChI is InChI=1S/C37H74NO6P/c1-6-8-10-12-14-16-18-20-22-24-26-28-30-32-34(39)37(41,36(38(3,4)5)45(42,43)44)35(40)33-31-29-27-25-23-21-19-17-15-13-11-9-7-2/h36,41H,6-33H2,1-5H3,(H-,42,43,44)/p+1. The van der Waals surface area contributed by atoms with Gasteiger partial charge < -0.3 is 19.4 Å². The van der Waals surface area contributed by atoms with Crippen LogP contribution in [-0.2, 0) is 14.2 Å². The molecule has 0 amide bonds. The molecular formula is C37H75NO6P+. The normalized spacial score (nSPS) is 13.3. The molecule has 0 aromatic rings. The monoisotopic (exact) mass is 661 g/mol. The van der Waals surface area contributed by atoms with Gasteiger partial charge in [0.1, 0.15) is 0 Å². The first kappa shape index (κ1) is 44.4. The van der Waals surface area contributed by atoms with E-state index in [0.29, 0.717) is 12.8 Å². The van der Waals surface area contributed by atoms with E-state index in [1.54, 1.807) is 0 Å². The molecule has 268 valence electrons. The van der Waals surface area contributed by atoms with Crippen molar-refractivity contribution in [2.45, 2.75) is 205 Å². The van der Waals surface area contributed by atoms with Gasteiger partial charge in [0.05, 0.1) is 21.1 Å². The molecule has 0 bridgehead atoms. The van der Waals surface area contributed by atoms with Crippen LogP contribution in [0.15, 0.2) is 0 Å². The molecule has 0 spiro atoms. The van der Waals surface area contributed by atoms with Gasteiger partial charge in [-0.15, -0.1) is 0 Å². The number of likely N-dealkylation sites (N-methyl/N-ethyl adjacent to an activating group) is 1. The SMILES string of the molecule is CCCCCCCCCCCCCCCC(=O)C(O)(C(=O)CCCCCCCCCCCCCCC)C([N+](C)(C)C)P(=O)(O)O. The van der Waals surface area contributed by atoms with Crippen molar-refractivity contribution in [2.75, 3.05) is 21.1 Å². The van der Waals surface area contributed by atoms with Crippen LogP contribution in [0.4, 0.5) is 0 Å². The highest BCUT2D eigenvalue weighted by Crippen LogP contribution is 2.50. The Kier molecular flexibility index (Phi) is 26.0. The lowest BCUT2D eigenvalue weighted by molar-refractivity contribution is -0.887. The number of ketones is 2. The molecule has 0 aromatic carbocycles. The second kappa shape index (κ2) is 26.4. The minimum Gasteiger partial charge on any atom is -0.370 e. The molecule has 1 unspecified atom stereocenters. The van der Waals surface area contributed by atoms with Crippen LogP contribution in [0.1, 0.15) is 194 Å². The third-order valence-electron chi connectivity index (χ3n) is 9.29. The van der Waals surface area contributed by atoms with Gasteiger partial charge >= 0.3 is 7.60 Å². The number of nitrogens with zero attached hydrogens (tertiary/aromatic N) is 1. The smallest absolute Gasteiger partial charge is 0.370 e. The maximum Gasteiger partial charge on any atom is 0.386 e. The number of aliphatic hydroxyl groups is 1. The van der Waals surface area contributed by atoms with E-state index < -0.39 is 30.5 Å². The highest BCUT2D eigenvalue weighted by atomic mass is 31.2.